The molecule has 0 aliphatic carbocycles. The fraction of sp³-hybridized carbons (Fsp3) is 0.312. The first-order valence-corrected chi connectivity index (χ1v) is 7.11. The smallest absolute Gasteiger partial charge is 0.222 e. The average molecular weight is 291 g/mol. The van der Waals surface area contributed by atoms with Crippen molar-refractivity contribution in [1.29, 1.82) is 0 Å². The van der Waals surface area contributed by atoms with Gasteiger partial charge in [-0.25, -0.2) is 4.98 Å². The summed E-state index contributed by atoms with van der Waals surface area (Å²) in [6.45, 7) is 4.06. The predicted molar refractivity (Wildman–Crippen MR) is 82.5 cm³/mol. The fourth-order valence-electron chi connectivity index (χ4n) is 1.92. The summed E-state index contributed by atoms with van der Waals surface area (Å²) in [5, 5.41) is 0.575. The summed E-state index contributed by atoms with van der Waals surface area (Å²) in [7, 11) is 0. The molecule has 2 aromatic rings. The molecule has 1 heterocycles. The minimum absolute atomic E-state index is 0.173. The number of benzene rings is 1. The number of pyridine rings is 1. The molecule has 2 rings (SSSR count). The SMILES string of the molecule is CCC(N)Cc1cnc(Oc2ccccc2Cl)c(C)c1. The number of ether oxygens (including phenoxy) is 1. The Morgan fingerprint density at radius 2 is 2.10 bits per heavy atom. The van der Waals surface area contributed by atoms with Crippen molar-refractivity contribution in [3.63, 3.8) is 0 Å². The van der Waals surface area contributed by atoms with E-state index in [-0.39, 0.29) is 6.04 Å². The van der Waals surface area contributed by atoms with E-state index in [4.69, 9.17) is 22.1 Å². The van der Waals surface area contributed by atoms with E-state index in [1.165, 1.54) is 0 Å². The van der Waals surface area contributed by atoms with E-state index in [0.717, 1.165) is 24.0 Å². The van der Waals surface area contributed by atoms with Gasteiger partial charge in [0, 0.05) is 17.8 Å². The Morgan fingerprint density at radius 3 is 2.75 bits per heavy atom. The van der Waals surface area contributed by atoms with Gasteiger partial charge >= 0.3 is 0 Å². The lowest BCUT2D eigenvalue weighted by atomic mass is 10.1. The van der Waals surface area contributed by atoms with Gasteiger partial charge in [0.15, 0.2) is 0 Å². The highest BCUT2D eigenvalue weighted by molar-refractivity contribution is 6.32. The predicted octanol–water partition coefficient (Wildman–Crippen LogP) is 4.12. The van der Waals surface area contributed by atoms with Crippen LogP contribution in [-0.4, -0.2) is 11.0 Å². The normalized spacial score (nSPS) is 12.2. The molecule has 0 spiro atoms. The number of halogens is 1. The number of aryl methyl sites for hydroxylation is 1. The minimum atomic E-state index is 0.173. The van der Waals surface area contributed by atoms with Crippen LogP contribution in [0.1, 0.15) is 24.5 Å². The van der Waals surface area contributed by atoms with E-state index in [1.54, 1.807) is 6.07 Å². The molecule has 0 amide bonds. The minimum Gasteiger partial charge on any atom is -0.437 e. The second-order valence-corrected chi connectivity index (χ2v) is 5.28. The highest BCUT2D eigenvalue weighted by Gasteiger charge is 2.08. The third kappa shape index (κ3) is 3.71. The molecule has 1 aromatic heterocycles. The Hall–Kier alpha value is -1.58. The first-order chi connectivity index (χ1) is 9.60. The largest absolute Gasteiger partial charge is 0.437 e. The van der Waals surface area contributed by atoms with E-state index in [2.05, 4.69) is 18.0 Å². The average Bonchev–Trinajstić information content (AvgIpc) is 2.44. The molecule has 0 bridgehead atoms. The maximum atomic E-state index is 6.08. The second kappa shape index (κ2) is 6.73. The lowest BCUT2D eigenvalue weighted by Gasteiger charge is -2.12. The van der Waals surface area contributed by atoms with Crippen molar-refractivity contribution in [1.82, 2.24) is 4.98 Å². The fourth-order valence-corrected chi connectivity index (χ4v) is 2.09. The van der Waals surface area contributed by atoms with Gasteiger partial charge in [0.25, 0.3) is 0 Å². The lowest BCUT2D eigenvalue weighted by molar-refractivity contribution is 0.458. The second-order valence-electron chi connectivity index (χ2n) is 4.87. The summed E-state index contributed by atoms with van der Waals surface area (Å²) < 4.78 is 5.75. The molecule has 20 heavy (non-hydrogen) atoms. The molecule has 0 saturated carbocycles. The maximum absolute atomic E-state index is 6.08. The third-order valence-corrected chi connectivity index (χ3v) is 3.46. The van der Waals surface area contributed by atoms with Crippen molar-refractivity contribution in [2.75, 3.05) is 0 Å². The number of hydrogen-bond acceptors (Lipinski definition) is 3. The molecule has 0 saturated heterocycles. The molecule has 1 atom stereocenters. The molecule has 0 radical (unpaired) electrons. The molecule has 1 aromatic carbocycles. The van der Waals surface area contributed by atoms with Crippen LogP contribution in [0.3, 0.4) is 0 Å². The van der Waals surface area contributed by atoms with Gasteiger partial charge in [-0.05, 0) is 43.5 Å². The monoisotopic (exact) mass is 290 g/mol. The van der Waals surface area contributed by atoms with Crippen LogP contribution in [0, 0.1) is 6.92 Å². The van der Waals surface area contributed by atoms with Crippen LogP contribution in [0.15, 0.2) is 36.5 Å². The van der Waals surface area contributed by atoms with Gasteiger partial charge in [0.2, 0.25) is 5.88 Å². The van der Waals surface area contributed by atoms with Gasteiger partial charge < -0.3 is 10.5 Å². The standard InChI is InChI=1S/C16H19ClN2O/c1-3-13(18)9-12-8-11(2)16(19-10-12)20-15-7-5-4-6-14(15)17/h4-8,10,13H,3,9,18H2,1-2H3. The topological polar surface area (TPSA) is 48.1 Å². The van der Waals surface area contributed by atoms with Gasteiger partial charge in [-0.1, -0.05) is 30.7 Å². The highest BCUT2D eigenvalue weighted by Crippen LogP contribution is 2.29. The van der Waals surface area contributed by atoms with Crippen molar-refractivity contribution < 1.29 is 4.74 Å². The third-order valence-electron chi connectivity index (χ3n) is 3.15. The number of nitrogens with two attached hydrogens (primary N) is 1. The Labute approximate surface area is 124 Å². The molecule has 0 aliphatic heterocycles. The molecular weight excluding hydrogens is 272 g/mol. The van der Waals surface area contributed by atoms with Gasteiger partial charge in [0.05, 0.1) is 5.02 Å². The summed E-state index contributed by atoms with van der Waals surface area (Å²) in [5.74, 6) is 1.19. The molecule has 2 N–H and O–H groups in total. The van der Waals surface area contributed by atoms with Gasteiger partial charge in [-0.2, -0.15) is 0 Å². The van der Waals surface area contributed by atoms with E-state index in [9.17, 15) is 0 Å². The number of nitrogens with zero attached hydrogens (tertiary/aromatic N) is 1. The summed E-state index contributed by atoms with van der Waals surface area (Å²) in [6.07, 6.45) is 3.60. The zero-order valence-corrected chi connectivity index (χ0v) is 12.5. The summed E-state index contributed by atoms with van der Waals surface area (Å²) in [5.41, 5.74) is 8.07. The molecule has 106 valence electrons. The molecule has 0 fully saturated rings. The Kier molecular flexibility index (Phi) is 4.99. The summed E-state index contributed by atoms with van der Waals surface area (Å²) in [6, 6.07) is 9.60. The van der Waals surface area contributed by atoms with Crippen LogP contribution in [0.2, 0.25) is 5.02 Å². The van der Waals surface area contributed by atoms with Crippen LogP contribution < -0.4 is 10.5 Å². The van der Waals surface area contributed by atoms with Gasteiger partial charge in [0.1, 0.15) is 5.75 Å². The van der Waals surface area contributed by atoms with Crippen molar-refractivity contribution >= 4 is 11.6 Å². The van der Waals surface area contributed by atoms with E-state index < -0.39 is 0 Å². The molecule has 0 aliphatic rings. The Morgan fingerprint density at radius 1 is 1.35 bits per heavy atom. The van der Waals surface area contributed by atoms with Crippen molar-refractivity contribution in [2.24, 2.45) is 5.73 Å². The van der Waals surface area contributed by atoms with Crippen LogP contribution >= 0.6 is 11.6 Å². The number of rotatable bonds is 5. The first kappa shape index (κ1) is 14.8. The number of para-hydroxylation sites is 1. The van der Waals surface area contributed by atoms with Gasteiger partial charge in [-0.3, -0.25) is 0 Å². The Balaban J connectivity index is 2.16. The van der Waals surface area contributed by atoms with Crippen molar-refractivity contribution in [3.05, 3.63) is 52.7 Å². The zero-order valence-electron chi connectivity index (χ0n) is 11.8. The van der Waals surface area contributed by atoms with Crippen LogP contribution in [0.4, 0.5) is 0 Å². The zero-order chi connectivity index (χ0) is 14.5. The maximum Gasteiger partial charge on any atom is 0.222 e. The summed E-state index contributed by atoms with van der Waals surface area (Å²) >= 11 is 6.08. The summed E-state index contributed by atoms with van der Waals surface area (Å²) in [4.78, 5) is 4.37. The lowest BCUT2D eigenvalue weighted by Crippen LogP contribution is -2.21. The molecule has 1 unspecified atom stereocenters. The van der Waals surface area contributed by atoms with Crippen molar-refractivity contribution in [2.45, 2.75) is 32.7 Å². The van der Waals surface area contributed by atoms with Gasteiger partial charge in [-0.15, -0.1) is 0 Å². The quantitative estimate of drug-likeness (QED) is 0.901. The van der Waals surface area contributed by atoms with E-state index in [0.29, 0.717) is 16.7 Å². The number of aromatic nitrogens is 1. The van der Waals surface area contributed by atoms with Crippen LogP contribution in [0.5, 0.6) is 11.6 Å². The number of hydrogen-bond donors (Lipinski definition) is 1. The Bertz CT molecular complexity index is 586. The molecule has 4 heteroatoms. The van der Waals surface area contributed by atoms with Crippen molar-refractivity contribution in [3.8, 4) is 11.6 Å². The van der Waals surface area contributed by atoms with Crippen LogP contribution in [-0.2, 0) is 6.42 Å². The van der Waals surface area contributed by atoms with Crippen LogP contribution in [0.25, 0.3) is 0 Å². The highest BCUT2D eigenvalue weighted by atomic mass is 35.5. The van der Waals surface area contributed by atoms with E-state index >= 15 is 0 Å². The van der Waals surface area contributed by atoms with E-state index in [1.807, 2.05) is 31.3 Å². The molecular formula is C16H19ClN2O. The first-order valence-electron chi connectivity index (χ1n) is 6.73. The molecule has 3 nitrogen and oxygen atoms in total.